The van der Waals surface area contributed by atoms with E-state index in [1.54, 1.807) is 12.0 Å². The summed E-state index contributed by atoms with van der Waals surface area (Å²) in [6.45, 7) is 9.51. The number of ketones is 1. The number of ether oxygens (including phenoxy) is 3. The number of fused-ring (bicyclic) bond motifs is 4. The first-order valence-electron chi connectivity index (χ1n) is 16.8. The number of aryl methyl sites for hydroxylation is 1. The van der Waals surface area contributed by atoms with Crippen LogP contribution in [0, 0.1) is 29.1 Å². The molecule has 3 aliphatic carbocycles. The molecule has 2 amide bonds. The molecule has 1 saturated heterocycles. The molecule has 4 bridgehead atoms. The molecule has 3 heterocycles. The fourth-order valence-electron chi connectivity index (χ4n) is 8.29. The van der Waals surface area contributed by atoms with Gasteiger partial charge in [-0.25, -0.2) is 14.8 Å². The summed E-state index contributed by atoms with van der Waals surface area (Å²) < 4.78 is 18.2. The van der Waals surface area contributed by atoms with Crippen LogP contribution in [0.25, 0.3) is 11.0 Å². The molecule has 10 nitrogen and oxygen atoms in total. The number of carbonyl (C=O) groups is 3. The van der Waals surface area contributed by atoms with Crippen LogP contribution in [-0.2, 0) is 20.7 Å². The topological polar surface area (TPSA) is 120 Å². The highest BCUT2D eigenvalue weighted by atomic mass is 16.6. The zero-order valence-electron chi connectivity index (χ0n) is 27.5. The van der Waals surface area contributed by atoms with Crippen molar-refractivity contribution in [3.8, 4) is 11.6 Å². The Balaban J connectivity index is 1.38. The van der Waals surface area contributed by atoms with Gasteiger partial charge in [0.25, 0.3) is 0 Å². The van der Waals surface area contributed by atoms with Crippen molar-refractivity contribution in [2.24, 2.45) is 29.1 Å². The summed E-state index contributed by atoms with van der Waals surface area (Å²) in [6, 6.07) is 4.09. The van der Waals surface area contributed by atoms with Crippen LogP contribution >= 0.6 is 0 Å². The summed E-state index contributed by atoms with van der Waals surface area (Å²) in [4.78, 5) is 52.5. The number of benzene rings is 1. The van der Waals surface area contributed by atoms with Crippen LogP contribution < -0.4 is 14.8 Å². The highest BCUT2D eigenvalue weighted by Crippen LogP contribution is 2.55. The van der Waals surface area contributed by atoms with Crippen molar-refractivity contribution in [3.63, 3.8) is 0 Å². The normalized spacial score (nSPS) is 32.3. The average molecular weight is 621 g/mol. The van der Waals surface area contributed by atoms with Gasteiger partial charge in [0.05, 0.1) is 30.7 Å². The van der Waals surface area contributed by atoms with Crippen LogP contribution in [-0.4, -0.2) is 70.6 Å². The van der Waals surface area contributed by atoms with E-state index in [-0.39, 0.29) is 30.3 Å². The van der Waals surface area contributed by atoms with E-state index in [2.05, 4.69) is 5.32 Å². The minimum absolute atomic E-state index is 0.106. The van der Waals surface area contributed by atoms with Gasteiger partial charge in [0, 0.05) is 12.0 Å². The molecule has 1 N–H and O–H groups in total. The van der Waals surface area contributed by atoms with Crippen LogP contribution in [0.5, 0.6) is 11.6 Å². The number of rotatable bonds is 3. The van der Waals surface area contributed by atoms with Crippen LogP contribution in [0.3, 0.4) is 0 Å². The molecule has 0 radical (unpaired) electrons. The highest BCUT2D eigenvalue weighted by molar-refractivity contribution is 5.92. The van der Waals surface area contributed by atoms with Crippen molar-refractivity contribution in [1.29, 1.82) is 0 Å². The molecule has 0 spiro atoms. The molecule has 6 atom stereocenters. The molecular formula is C35H48N4O6. The van der Waals surface area contributed by atoms with Crippen molar-refractivity contribution in [2.75, 3.05) is 13.7 Å². The Morgan fingerprint density at radius 1 is 1.07 bits per heavy atom. The van der Waals surface area contributed by atoms with Crippen LogP contribution in [0.4, 0.5) is 4.79 Å². The molecule has 1 aromatic heterocycles. The maximum atomic E-state index is 14.4. The van der Waals surface area contributed by atoms with Gasteiger partial charge in [-0.2, -0.15) is 0 Å². The van der Waals surface area contributed by atoms with Crippen molar-refractivity contribution in [3.05, 3.63) is 23.9 Å². The minimum atomic E-state index is -0.875. The zero-order valence-corrected chi connectivity index (χ0v) is 27.5. The molecule has 3 saturated carbocycles. The molecule has 45 heavy (non-hydrogen) atoms. The summed E-state index contributed by atoms with van der Waals surface area (Å²) in [5.74, 6) is 1.83. The van der Waals surface area contributed by atoms with E-state index in [0.29, 0.717) is 47.7 Å². The second kappa shape index (κ2) is 12.4. The standard InChI is InChI=1S/C35H48N4O6/c1-7-23-28-18-39(29(23)19(2)40)33(41)31(35(3,4)5)38-34(42)45-30-21-15-20(16-21)24(30)11-9-8-10-12-26-32(44-28)37-27-17-22(43-6)13-14-25(27)36-26/h13-14,17,20-21,23-24,28-31H,7-12,15-16,18H2,1-6H3,(H,38,42)/t20?,21?,23-,24-,28+,29-,30-,31-/m1/s1. The fraction of sp³-hybridized carbons (Fsp3) is 0.686. The van der Waals surface area contributed by atoms with Gasteiger partial charge in [-0.1, -0.05) is 40.5 Å². The van der Waals surface area contributed by atoms with Crippen molar-refractivity contribution in [1.82, 2.24) is 20.2 Å². The van der Waals surface area contributed by atoms with E-state index in [1.807, 2.05) is 45.9 Å². The predicted octanol–water partition coefficient (Wildman–Crippen LogP) is 5.49. The van der Waals surface area contributed by atoms with E-state index in [9.17, 15) is 14.4 Å². The molecule has 10 heteroatoms. The Morgan fingerprint density at radius 3 is 2.53 bits per heavy atom. The molecule has 244 valence electrons. The van der Waals surface area contributed by atoms with Crippen molar-refractivity contribution >= 4 is 28.8 Å². The van der Waals surface area contributed by atoms with Gasteiger partial charge in [-0.15, -0.1) is 0 Å². The Hall–Kier alpha value is -3.43. The van der Waals surface area contributed by atoms with E-state index in [1.165, 1.54) is 6.92 Å². The Labute approximate surface area is 266 Å². The number of alkyl carbamates (subject to hydrolysis) is 1. The second-order valence-corrected chi connectivity index (χ2v) is 14.7. The number of nitrogens with zero attached hydrogens (tertiary/aromatic N) is 3. The van der Waals surface area contributed by atoms with Gasteiger partial charge in [0.1, 0.15) is 29.7 Å². The number of hydrogen-bond donors (Lipinski definition) is 1. The van der Waals surface area contributed by atoms with E-state index >= 15 is 0 Å². The predicted molar refractivity (Wildman–Crippen MR) is 169 cm³/mol. The lowest BCUT2D eigenvalue weighted by atomic mass is 9.81. The first-order chi connectivity index (χ1) is 21.5. The lowest BCUT2D eigenvalue weighted by Gasteiger charge is -2.35. The smallest absolute Gasteiger partial charge is 0.408 e. The SMILES string of the molecule is CC[C@@H]1[C@@H]2CN(C(=O)[C@H](C(C)(C)C)NC(=O)O[C@@H]3C4CC(C4)[C@H]3CCCCCc3nc4ccc(OC)cc4nc3O2)[C@@H]1C(C)=O. The summed E-state index contributed by atoms with van der Waals surface area (Å²) >= 11 is 0. The number of Topliss-reactive ketones (excluding diaryl/α,β-unsaturated/α-hetero) is 1. The Kier molecular flexibility index (Phi) is 8.69. The van der Waals surface area contributed by atoms with Gasteiger partial charge in [-0.05, 0) is 80.8 Å². The third-order valence-electron chi connectivity index (χ3n) is 10.7. The molecular weight excluding hydrogens is 572 g/mol. The molecule has 5 aliphatic rings. The first-order valence-corrected chi connectivity index (χ1v) is 16.8. The van der Waals surface area contributed by atoms with Gasteiger partial charge >= 0.3 is 6.09 Å². The quantitative estimate of drug-likeness (QED) is 0.478. The number of amides is 2. The maximum absolute atomic E-state index is 14.4. The van der Waals surface area contributed by atoms with Crippen LogP contribution in [0.15, 0.2) is 18.2 Å². The van der Waals surface area contributed by atoms with E-state index < -0.39 is 29.7 Å². The van der Waals surface area contributed by atoms with Gasteiger partial charge < -0.3 is 24.4 Å². The van der Waals surface area contributed by atoms with Gasteiger partial charge in [0.15, 0.2) is 5.78 Å². The zero-order chi connectivity index (χ0) is 32.0. The molecule has 4 fully saturated rings. The first kappa shape index (κ1) is 31.5. The van der Waals surface area contributed by atoms with Gasteiger partial charge in [-0.3, -0.25) is 9.59 Å². The van der Waals surface area contributed by atoms with Crippen LogP contribution in [0.1, 0.15) is 85.3 Å². The second-order valence-electron chi connectivity index (χ2n) is 14.7. The molecule has 1 aromatic carbocycles. The van der Waals surface area contributed by atoms with Crippen molar-refractivity contribution < 1.29 is 28.6 Å². The molecule has 7 rings (SSSR count). The van der Waals surface area contributed by atoms with Crippen molar-refractivity contribution in [2.45, 2.75) is 110 Å². The van der Waals surface area contributed by atoms with E-state index in [4.69, 9.17) is 24.2 Å². The third-order valence-corrected chi connectivity index (χ3v) is 10.7. The minimum Gasteiger partial charge on any atom is -0.497 e. The lowest BCUT2D eigenvalue weighted by Crippen LogP contribution is -2.57. The average Bonchev–Trinajstić information content (AvgIpc) is 3.61. The number of methoxy groups -OCH3 is 1. The molecule has 2 aromatic rings. The molecule has 0 unspecified atom stereocenters. The Bertz CT molecular complexity index is 1450. The largest absolute Gasteiger partial charge is 0.497 e. The number of nitrogens with one attached hydrogen (secondary N) is 1. The lowest BCUT2D eigenvalue weighted by molar-refractivity contribution is -0.141. The number of hydrogen-bond acceptors (Lipinski definition) is 8. The summed E-state index contributed by atoms with van der Waals surface area (Å²) in [5.41, 5.74) is 1.61. The van der Waals surface area contributed by atoms with E-state index in [0.717, 1.165) is 49.7 Å². The molecule has 2 aliphatic heterocycles. The number of aromatic nitrogens is 2. The maximum Gasteiger partial charge on any atom is 0.408 e. The third kappa shape index (κ3) is 6.09. The van der Waals surface area contributed by atoms with Crippen LogP contribution in [0.2, 0.25) is 0 Å². The number of carbonyl (C=O) groups excluding carboxylic acids is 3. The summed E-state index contributed by atoms with van der Waals surface area (Å²) in [7, 11) is 1.62. The van der Waals surface area contributed by atoms with Gasteiger partial charge in [0.2, 0.25) is 11.8 Å². The Morgan fingerprint density at radius 2 is 1.84 bits per heavy atom. The summed E-state index contributed by atoms with van der Waals surface area (Å²) in [6.07, 6.45) is 6.43. The monoisotopic (exact) mass is 620 g/mol. The summed E-state index contributed by atoms with van der Waals surface area (Å²) in [5, 5.41) is 2.95. The fourth-order valence-corrected chi connectivity index (χ4v) is 8.29. The highest BCUT2D eigenvalue weighted by Gasteiger charge is 2.54.